The Balaban J connectivity index is 1.69. The molecule has 130 valence electrons. The maximum absolute atomic E-state index is 12.5. The lowest BCUT2D eigenvalue weighted by atomic mass is 10.2. The van der Waals surface area contributed by atoms with Crippen molar-refractivity contribution in [3.8, 4) is 0 Å². The molecule has 0 fully saturated rings. The first kappa shape index (κ1) is 16.9. The number of amides is 1. The second kappa shape index (κ2) is 7.29. The normalized spacial score (nSPS) is 11.0. The van der Waals surface area contributed by atoms with Gasteiger partial charge in [-0.25, -0.2) is 4.98 Å². The van der Waals surface area contributed by atoms with E-state index in [0.717, 1.165) is 5.56 Å². The highest BCUT2D eigenvalue weighted by Crippen LogP contribution is 2.07. The number of hydrogen-bond acceptors (Lipinski definition) is 4. The van der Waals surface area contributed by atoms with Gasteiger partial charge in [-0.1, -0.05) is 30.3 Å². The number of aryl methyl sites for hydroxylation is 2. The van der Waals surface area contributed by atoms with Gasteiger partial charge in [-0.2, -0.15) is 5.10 Å². The molecule has 7 nitrogen and oxygen atoms in total. The van der Waals surface area contributed by atoms with Gasteiger partial charge >= 0.3 is 0 Å². The fourth-order valence-electron chi connectivity index (χ4n) is 2.78. The van der Waals surface area contributed by atoms with Crippen molar-refractivity contribution in [3.63, 3.8) is 0 Å². The smallest absolute Gasteiger partial charge is 0.264 e. The largest absolute Gasteiger partial charge is 0.339 e. The Bertz CT molecular complexity index is 930. The molecule has 0 N–H and O–H groups in total. The number of nitrogens with zero attached hydrogens (tertiary/aromatic N) is 5. The summed E-state index contributed by atoms with van der Waals surface area (Å²) < 4.78 is 3.03. The lowest BCUT2D eigenvalue weighted by Crippen LogP contribution is -2.32. The Hall–Kier alpha value is -2.96. The van der Waals surface area contributed by atoms with E-state index < -0.39 is 0 Å². The van der Waals surface area contributed by atoms with E-state index >= 15 is 0 Å². The van der Waals surface area contributed by atoms with Gasteiger partial charge in [-0.15, -0.1) is 0 Å². The molecular formula is C18H21N5O2. The lowest BCUT2D eigenvalue weighted by Gasteiger charge is -2.21. The van der Waals surface area contributed by atoms with E-state index in [0.29, 0.717) is 30.7 Å². The molecule has 0 spiro atoms. The molecule has 1 aromatic carbocycles. The summed E-state index contributed by atoms with van der Waals surface area (Å²) in [6, 6.07) is 9.88. The molecule has 0 saturated carbocycles. The molecule has 0 radical (unpaired) electrons. The Kier molecular flexibility index (Phi) is 4.92. The summed E-state index contributed by atoms with van der Waals surface area (Å²) in [4.78, 5) is 31.0. The maximum Gasteiger partial charge on any atom is 0.264 e. The predicted octanol–water partition coefficient (Wildman–Crippen LogP) is 1.57. The molecule has 2 heterocycles. The summed E-state index contributed by atoms with van der Waals surface area (Å²) in [5.41, 5.74) is 1.47. The van der Waals surface area contributed by atoms with Crippen LogP contribution in [0.1, 0.15) is 18.9 Å². The topological polar surface area (TPSA) is 73.0 Å². The molecule has 0 unspecified atom stereocenters. The molecule has 0 bridgehead atoms. The first-order valence-electron chi connectivity index (χ1n) is 8.29. The zero-order valence-corrected chi connectivity index (χ0v) is 14.4. The Morgan fingerprint density at radius 2 is 2.00 bits per heavy atom. The summed E-state index contributed by atoms with van der Waals surface area (Å²) >= 11 is 0. The third-order valence-electron chi connectivity index (χ3n) is 4.24. The molecule has 1 amide bonds. The van der Waals surface area contributed by atoms with Crippen LogP contribution < -0.4 is 5.56 Å². The molecule has 0 atom stereocenters. The molecule has 7 heteroatoms. The van der Waals surface area contributed by atoms with E-state index in [1.54, 1.807) is 16.6 Å². The monoisotopic (exact) mass is 339 g/mol. The van der Waals surface area contributed by atoms with Crippen LogP contribution in [0.25, 0.3) is 11.0 Å². The van der Waals surface area contributed by atoms with Crippen LogP contribution in [0, 0.1) is 0 Å². The number of carbonyl (C=O) groups excluding carboxylic acids is 1. The van der Waals surface area contributed by atoms with E-state index in [9.17, 15) is 9.59 Å². The number of rotatable bonds is 6. The molecule has 3 aromatic rings. The Morgan fingerprint density at radius 1 is 1.24 bits per heavy atom. The van der Waals surface area contributed by atoms with Gasteiger partial charge in [0.25, 0.3) is 5.56 Å². The zero-order chi connectivity index (χ0) is 17.8. The van der Waals surface area contributed by atoms with Crippen LogP contribution in [-0.2, 0) is 24.9 Å². The van der Waals surface area contributed by atoms with Gasteiger partial charge in [-0.05, 0) is 12.5 Å². The van der Waals surface area contributed by atoms with Gasteiger partial charge in [0.2, 0.25) is 5.91 Å². The number of carbonyl (C=O) groups is 1. The summed E-state index contributed by atoms with van der Waals surface area (Å²) in [7, 11) is 1.74. The van der Waals surface area contributed by atoms with Crippen molar-refractivity contribution in [2.24, 2.45) is 7.05 Å². The van der Waals surface area contributed by atoms with Crippen LogP contribution in [0.2, 0.25) is 0 Å². The second-order valence-corrected chi connectivity index (χ2v) is 5.89. The SMILES string of the molecule is CCN(Cc1ccccc1)C(=O)CCn1cnc2c(cnn2C)c1=O. The van der Waals surface area contributed by atoms with Gasteiger partial charge in [0.05, 0.1) is 12.5 Å². The van der Waals surface area contributed by atoms with Gasteiger partial charge in [0.15, 0.2) is 5.65 Å². The van der Waals surface area contributed by atoms with Crippen LogP contribution in [0.5, 0.6) is 0 Å². The van der Waals surface area contributed by atoms with Crippen molar-refractivity contribution in [1.29, 1.82) is 0 Å². The van der Waals surface area contributed by atoms with Crippen molar-refractivity contribution < 1.29 is 4.79 Å². The predicted molar refractivity (Wildman–Crippen MR) is 94.9 cm³/mol. The van der Waals surface area contributed by atoms with Gasteiger partial charge in [-0.3, -0.25) is 18.8 Å². The quantitative estimate of drug-likeness (QED) is 0.683. The summed E-state index contributed by atoms with van der Waals surface area (Å²) in [5.74, 6) is 0.0181. The molecule has 0 saturated heterocycles. The first-order valence-corrected chi connectivity index (χ1v) is 8.29. The second-order valence-electron chi connectivity index (χ2n) is 5.89. The molecule has 0 aliphatic carbocycles. The fourth-order valence-corrected chi connectivity index (χ4v) is 2.78. The van der Waals surface area contributed by atoms with Crippen molar-refractivity contribution in [3.05, 3.63) is 58.8 Å². The Morgan fingerprint density at radius 3 is 2.72 bits per heavy atom. The lowest BCUT2D eigenvalue weighted by molar-refractivity contribution is -0.131. The summed E-state index contributed by atoms with van der Waals surface area (Å²) in [6.45, 7) is 3.46. The highest BCUT2D eigenvalue weighted by Gasteiger charge is 2.14. The van der Waals surface area contributed by atoms with Crippen molar-refractivity contribution in [2.75, 3.05) is 6.54 Å². The van der Waals surface area contributed by atoms with E-state index in [1.807, 2.05) is 37.3 Å². The number of hydrogen-bond donors (Lipinski definition) is 0. The molecule has 2 aromatic heterocycles. The highest BCUT2D eigenvalue weighted by molar-refractivity contribution is 5.76. The molecular weight excluding hydrogens is 318 g/mol. The number of benzene rings is 1. The average molecular weight is 339 g/mol. The highest BCUT2D eigenvalue weighted by atomic mass is 16.2. The van der Waals surface area contributed by atoms with Gasteiger partial charge in [0.1, 0.15) is 5.39 Å². The third kappa shape index (κ3) is 3.60. The van der Waals surface area contributed by atoms with Crippen LogP contribution in [0.15, 0.2) is 47.7 Å². The minimum absolute atomic E-state index is 0.0181. The van der Waals surface area contributed by atoms with Crippen LogP contribution in [0.3, 0.4) is 0 Å². The standard InChI is InChI=1S/C18H21N5O2/c1-3-22(12-14-7-5-4-6-8-14)16(24)9-10-23-13-19-17-15(18(23)25)11-20-21(17)2/h4-8,11,13H,3,9-10,12H2,1-2H3. The van der Waals surface area contributed by atoms with Crippen LogP contribution in [0.4, 0.5) is 0 Å². The zero-order valence-electron chi connectivity index (χ0n) is 14.4. The van der Waals surface area contributed by atoms with E-state index in [4.69, 9.17) is 0 Å². The molecule has 0 aliphatic rings. The van der Waals surface area contributed by atoms with Crippen LogP contribution >= 0.6 is 0 Å². The van der Waals surface area contributed by atoms with E-state index in [-0.39, 0.29) is 17.9 Å². The molecule has 3 rings (SSSR count). The first-order chi connectivity index (χ1) is 12.1. The van der Waals surface area contributed by atoms with Gasteiger partial charge in [0, 0.05) is 33.1 Å². The van der Waals surface area contributed by atoms with Gasteiger partial charge < -0.3 is 4.90 Å². The van der Waals surface area contributed by atoms with E-state index in [1.165, 1.54) is 17.1 Å². The summed E-state index contributed by atoms with van der Waals surface area (Å²) in [6.07, 6.45) is 3.25. The average Bonchev–Trinajstić information content (AvgIpc) is 3.01. The van der Waals surface area contributed by atoms with Crippen molar-refractivity contribution in [2.45, 2.75) is 26.4 Å². The fraction of sp³-hybridized carbons (Fsp3) is 0.333. The van der Waals surface area contributed by atoms with Crippen LogP contribution in [-0.4, -0.2) is 36.7 Å². The Labute approximate surface area is 145 Å². The molecule has 0 aliphatic heterocycles. The molecule has 25 heavy (non-hydrogen) atoms. The minimum Gasteiger partial charge on any atom is -0.339 e. The maximum atomic E-state index is 12.5. The van der Waals surface area contributed by atoms with Crippen molar-refractivity contribution >= 4 is 16.9 Å². The van der Waals surface area contributed by atoms with Crippen molar-refractivity contribution in [1.82, 2.24) is 24.2 Å². The summed E-state index contributed by atoms with van der Waals surface area (Å²) in [5, 5.41) is 4.51. The van der Waals surface area contributed by atoms with E-state index in [2.05, 4.69) is 10.1 Å². The third-order valence-corrected chi connectivity index (χ3v) is 4.24. The number of aromatic nitrogens is 4. The minimum atomic E-state index is -0.169. The number of fused-ring (bicyclic) bond motifs is 1.